The molecule has 0 aromatic heterocycles. The monoisotopic (exact) mass is 244 g/mol. The van der Waals surface area contributed by atoms with Gasteiger partial charge in [-0.1, -0.05) is 13.0 Å². The van der Waals surface area contributed by atoms with Crippen LogP contribution in [0.5, 0.6) is 0 Å². The van der Waals surface area contributed by atoms with Crippen LogP contribution in [0.1, 0.15) is 12.5 Å². The van der Waals surface area contributed by atoms with Crippen LogP contribution in [0.3, 0.4) is 0 Å². The van der Waals surface area contributed by atoms with Crippen LogP contribution in [-0.4, -0.2) is 19.9 Å². The van der Waals surface area contributed by atoms with Crippen LogP contribution >= 0.6 is 0 Å². The van der Waals surface area contributed by atoms with E-state index in [1.807, 2.05) is 0 Å². The van der Waals surface area contributed by atoms with Crippen LogP contribution in [0, 0.1) is 17.0 Å². The fourth-order valence-electron chi connectivity index (χ4n) is 1.27. The SMILES string of the molecule is CCNS(=O)(=O)c1ccc(C)cc1[N+](=O)[O-]. The highest BCUT2D eigenvalue weighted by atomic mass is 32.2. The lowest BCUT2D eigenvalue weighted by atomic mass is 10.2. The molecule has 0 amide bonds. The minimum absolute atomic E-state index is 0.188. The Bertz CT molecular complexity index is 510. The topological polar surface area (TPSA) is 89.3 Å². The van der Waals surface area contributed by atoms with Gasteiger partial charge in [0, 0.05) is 12.6 Å². The predicted octanol–water partition coefficient (Wildman–Crippen LogP) is 1.20. The molecule has 0 saturated heterocycles. The molecular weight excluding hydrogens is 232 g/mol. The van der Waals surface area contributed by atoms with Gasteiger partial charge in [0.1, 0.15) is 0 Å². The summed E-state index contributed by atoms with van der Waals surface area (Å²) in [7, 11) is -3.79. The molecule has 16 heavy (non-hydrogen) atoms. The van der Waals surface area contributed by atoms with Crippen molar-refractivity contribution in [2.45, 2.75) is 18.7 Å². The Kier molecular flexibility index (Phi) is 3.61. The maximum atomic E-state index is 11.7. The lowest BCUT2D eigenvalue weighted by Gasteiger charge is -2.05. The molecule has 0 spiro atoms. The molecular formula is C9H12N2O4S. The first kappa shape index (κ1) is 12.6. The molecule has 0 fully saturated rings. The van der Waals surface area contributed by atoms with Crippen molar-refractivity contribution in [3.63, 3.8) is 0 Å². The zero-order valence-corrected chi connectivity index (χ0v) is 9.74. The summed E-state index contributed by atoms with van der Waals surface area (Å²) in [5, 5.41) is 10.7. The van der Waals surface area contributed by atoms with Gasteiger partial charge in [-0.3, -0.25) is 10.1 Å². The standard InChI is InChI=1S/C9H12N2O4S/c1-3-10-16(14,15)9-5-4-7(2)6-8(9)11(12)13/h4-6,10H,3H2,1-2H3. The number of hydrogen-bond acceptors (Lipinski definition) is 4. The van der Waals surface area contributed by atoms with Crippen molar-refractivity contribution in [3.05, 3.63) is 33.9 Å². The van der Waals surface area contributed by atoms with E-state index in [0.717, 1.165) is 0 Å². The molecule has 0 bridgehead atoms. The summed E-state index contributed by atoms with van der Waals surface area (Å²) >= 11 is 0. The van der Waals surface area contributed by atoms with Crippen molar-refractivity contribution in [2.75, 3.05) is 6.54 Å². The van der Waals surface area contributed by atoms with Crippen molar-refractivity contribution in [1.29, 1.82) is 0 Å². The summed E-state index contributed by atoms with van der Waals surface area (Å²) in [6.45, 7) is 3.46. The zero-order chi connectivity index (χ0) is 12.3. The summed E-state index contributed by atoms with van der Waals surface area (Å²) in [5.74, 6) is 0. The number of aryl methyl sites for hydroxylation is 1. The Morgan fingerprint density at radius 2 is 2.06 bits per heavy atom. The third kappa shape index (κ3) is 2.56. The first-order valence-corrected chi connectivity index (χ1v) is 6.11. The van der Waals surface area contributed by atoms with Crippen LogP contribution in [0.25, 0.3) is 0 Å². The third-order valence-corrected chi connectivity index (χ3v) is 3.53. The van der Waals surface area contributed by atoms with Gasteiger partial charge >= 0.3 is 0 Å². The van der Waals surface area contributed by atoms with Crippen LogP contribution in [-0.2, 0) is 10.0 Å². The number of nitrogens with zero attached hydrogens (tertiary/aromatic N) is 1. The van der Waals surface area contributed by atoms with Crippen molar-refractivity contribution in [1.82, 2.24) is 4.72 Å². The molecule has 0 saturated carbocycles. The Balaban J connectivity index is 3.39. The molecule has 88 valence electrons. The maximum absolute atomic E-state index is 11.7. The van der Waals surface area contributed by atoms with Gasteiger partial charge in [0.2, 0.25) is 10.0 Å². The van der Waals surface area contributed by atoms with Gasteiger partial charge in [-0.2, -0.15) is 0 Å². The lowest BCUT2D eigenvalue weighted by molar-refractivity contribution is -0.387. The zero-order valence-electron chi connectivity index (χ0n) is 8.93. The Morgan fingerprint density at radius 1 is 1.44 bits per heavy atom. The number of nitrogens with one attached hydrogen (secondary N) is 1. The van der Waals surface area contributed by atoms with E-state index in [4.69, 9.17) is 0 Å². The molecule has 1 aromatic rings. The van der Waals surface area contributed by atoms with Gasteiger partial charge in [0.05, 0.1) is 4.92 Å². The highest BCUT2D eigenvalue weighted by Crippen LogP contribution is 2.24. The van der Waals surface area contributed by atoms with Crippen molar-refractivity contribution in [2.24, 2.45) is 0 Å². The van der Waals surface area contributed by atoms with Gasteiger partial charge in [0.25, 0.3) is 5.69 Å². The molecule has 7 heteroatoms. The normalized spacial score (nSPS) is 11.4. The molecule has 6 nitrogen and oxygen atoms in total. The highest BCUT2D eigenvalue weighted by molar-refractivity contribution is 7.89. The minimum Gasteiger partial charge on any atom is -0.258 e. The van der Waals surface area contributed by atoms with Crippen molar-refractivity contribution < 1.29 is 13.3 Å². The van der Waals surface area contributed by atoms with E-state index in [1.54, 1.807) is 13.8 Å². The molecule has 1 aromatic carbocycles. The summed E-state index contributed by atoms with van der Waals surface area (Å²) in [5.41, 5.74) is 0.239. The molecule has 1 rings (SSSR count). The van der Waals surface area contributed by atoms with Crippen molar-refractivity contribution in [3.8, 4) is 0 Å². The largest absolute Gasteiger partial charge is 0.289 e. The van der Waals surface area contributed by atoms with Gasteiger partial charge < -0.3 is 0 Å². The van der Waals surface area contributed by atoms with Crippen molar-refractivity contribution >= 4 is 15.7 Å². The second-order valence-electron chi connectivity index (χ2n) is 3.23. The first-order valence-electron chi connectivity index (χ1n) is 4.63. The van der Waals surface area contributed by atoms with Gasteiger partial charge in [-0.05, 0) is 18.6 Å². The maximum Gasteiger partial charge on any atom is 0.289 e. The average molecular weight is 244 g/mol. The average Bonchev–Trinajstić information content (AvgIpc) is 2.16. The second kappa shape index (κ2) is 4.58. The van der Waals surface area contributed by atoms with Crippen LogP contribution in [0.15, 0.2) is 23.1 Å². The predicted molar refractivity (Wildman–Crippen MR) is 58.7 cm³/mol. The Hall–Kier alpha value is -1.47. The molecule has 1 N–H and O–H groups in total. The Morgan fingerprint density at radius 3 is 2.56 bits per heavy atom. The van der Waals surface area contributed by atoms with E-state index in [9.17, 15) is 18.5 Å². The highest BCUT2D eigenvalue weighted by Gasteiger charge is 2.24. The van der Waals surface area contributed by atoms with Gasteiger partial charge in [0.15, 0.2) is 4.90 Å². The molecule has 0 unspecified atom stereocenters. The summed E-state index contributed by atoms with van der Waals surface area (Å²) in [6, 6.07) is 4.01. The fraction of sp³-hybridized carbons (Fsp3) is 0.333. The number of rotatable bonds is 4. The van der Waals surface area contributed by atoms with E-state index in [1.165, 1.54) is 18.2 Å². The summed E-state index contributed by atoms with van der Waals surface area (Å²) in [6.07, 6.45) is 0. The number of nitro benzene ring substituents is 1. The molecule has 0 radical (unpaired) electrons. The van der Waals surface area contributed by atoms with E-state index in [-0.39, 0.29) is 11.4 Å². The fourth-order valence-corrected chi connectivity index (χ4v) is 2.46. The van der Waals surface area contributed by atoms with E-state index >= 15 is 0 Å². The molecule has 0 aliphatic rings. The third-order valence-electron chi connectivity index (χ3n) is 1.94. The van der Waals surface area contributed by atoms with Gasteiger partial charge in [-0.15, -0.1) is 0 Å². The first-order chi connectivity index (χ1) is 7.38. The quantitative estimate of drug-likeness (QED) is 0.636. The van der Waals surface area contributed by atoms with Crippen LogP contribution in [0.2, 0.25) is 0 Å². The summed E-state index contributed by atoms with van der Waals surface area (Å²) in [4.78, 5) is 9.74. The van der Waals surface area contributed by atoms with Crippen LogP contribution < -0.4 is 4.72 Å². The van der Waals surface area contributed by atoms with Gasteiger partial charge in [-0.25, -0.2) is 13.1 Å². The molecule has 0 atom stereocenters. The smallest absolute Gasteiger partial charge is 0.258 e. The minimum atomic E-state index is -3.79. The number of sulfonamides is 1. The van der Waals surface area contributed by atoms with E-state index in [2.05, 4.69) is 4.72 Å². The molecule has 0 aliphatic heterocycles. The second-order valence-corrected chi connectivity index (χ2v) is 4.96. The van der Waals surface area contributed by atoms with E-state index < -0.39 is 20.6 Å². The van der Waals surface area contributed by atoms with E-state index in [0.29, 0.717) is 5.56 Å². The summed E-state index contributed by atoms with van der Waals surface area (Å²) < 4.78 is 25.5. The number of nitro groups is 1. The molecule has 0 aliphatic carbocycles. The number of hydrogen-bond donors (Lipinski definition) is 1. The number of benzene rings is 1. The lowest BCUT2D eigenvalue weighted by Crippen LogP contribution is -2.24. The molecule has 0 heterocycles. The Labute approximate surface area is 93.5 Å². The van der Waals surface area contributed by atoms with Crippen LogP contribution in [0.4, 0.5) is 5.69 Å².